The molecule has 27 heavy (non-hydrogen) atoms. The summed E-state index contributed by atoms with van der Waals surface area (Å²) in [5.74, 6) is -0.886. The van der Waals surface area contributed by atoms with Gasteiger partial charge in [0.25, 0.3) is 5.91 Å². The fourth-order valence-electron chi connectivity index (χ4n) is 3.05. The molecule has 0 radical (unpaired) electrons. The molecule has 1 aliphatic heterocycles. The molecule has 1 aliphatic rings. The first-order valence-electron chi connectivity index (χ1n) is 8.66. The average Bonchev–Trinajstić information content (AvgIpc) is 2.65. The largest absolute Gasteiger partial charge is 0.322 e. The number of carbonyl (C=O) groups excluding carboxylic acids is 1. The standard InChI is InChI=1S/C19H20ClFN2O3S/c1-13-11-15(21)6-8-17(13)22-19(24)14-5-7-16(20)18(12-14)27(25,26)23-9-3-2-4-10-23/h5-8,11-12H,2-4,9-10H2,1H3,(H,22,24). The molecule has 0 bridgehead atoms. The summed E-state index contributed by atoms with van der Waals surface area (Å²) in [7, 11) is -3.76. The summed E-state index contributed by atoms with van der Waals surface area (Å²) in [5, 5.41) is 2.75. The quantitative estimate of drug-likeness (QED) is 0.820. The van der Waals surface area contributed by atoms with Gasteiger partial charge in [-0.3, -0.25) is 4.79 Å². The van der Waals surface area contributed by atoms with E-state index in [9.17, 15) is 17.6 Å². The molecule has 1 saturated heterocycles. The average molecular weight is 411 g/mol. The highest BCUT2D eigenvalue weighted by Gasteiger charge is 2.28. The van der Waals surface area contributed by atoms with Gasteiger partial charge in [-0.05, 0) is 61.7 Å². The zero-order valence-electron chi connectivity index (χ0n) is 14.8. The van der Waals surface area contributed by atoms with Crippen LogP contribution >= 0.6 is 11.6 Å². The Morgan fingerprint density at radius 2 is 1.81 bits per heavy atom. The van der Waals surface area contributed by atoms with Gasteiger partial charge in [0.05, 0.1) is 5.02 Å². The Morgan fingerprint density at radius 3 is 2.48 bits per heavy atom. The predicted molar refractivity (Wildman–Crippen MR) is 103 cm³/mol. The highest BCUT2D eigenvalue weighted by Crippen LogP contribution is 2.28. The van der Waals surface area contributed by atoms with Crippen LogP contribution in [0.1, 0.15) is 35.2 Å². The molecular formula is C19H20ClFN2O3S. The minimum atomic E-state index is -3.76. The Kier molecular flexibility index (Phi) is 5.83. The number of nitrogens with one attached hydrogen (secondary N) is 1. The van der Waals surface area contributed by atoms with Crippen LogP contribution in [0, 0.1) is 12.7 Å². The van der Waals surface area contributed by atoms with Gasteiger partial charge in [-0.2, -0.15) is 4.31 Å². The van der Waals surface area contributed by atoms with Crippen molar-refractivity contribution in [3.8, 4) is 0 Å². The van der Waals surface area contributed by atoms with Crippen LogP contribution in [0.5, 0.6) is 0 Å². The van der Waals surface area contributed by atoms with Gasteiger partial charge >= 0.3 is 0 Å². The predicted octanol–water partition coefficient (Wildman–Crippen LogP) is 4.21. The van der Waals surface area contributed by atoms with Crippen molar-refractivity contribution in [2.45, 2.75) is 31.1 Å². The van der Waals surface area contributed by atoms with Gasteiger partial charge in [0.1, 0.15) is 10.7 Å². The first kappa shape index (κ1) is 19.8. The molecule has 2 aromatic carbocycles. The van der Waals surface area contributed by atoms with E-state index in [1.54, 1.807) is 6.92 Å². The smallest absolute Gasteiger partial charge is 0.255 e. The van der Waals surface area contributed by atoms with E-state index in [0.717, 1.165) is 19.3 Å². The monoisotopic (exact) mass is 410 g/mol. The van der Waals surface area contributed by atoms with Crippen molar-refractivity contribution < 1.29 is 17.6 Å². The summed E-state index contributed by atoms with van der Waals surface area (Å²) in [6.07, 6.45) is 2.61. The van der Waals surface area contributed by atoms with Crippen LogP contribution in [0.3, 0.4) is 0 Å². The number of hydrogen-bond donors (Lipinski definition) is 1. The molecule has 0 saturated carbocycles. The Morgan fingerprint density at radius 1 is 1.11 bits per heavy atom. The Balaban J connectivity index is 1.89. The fraction of sp³-hybridized carbons (Fsp3) is 0.316. The minimum Gasteiger partial charge on any atom is -0.322 e. The molecule has 1 heterocycles. The third-order valence-electron chi connectivity index (χ3n) is 4.56. The minimum absolute atomic E-state index is 0.0745. The van der Waals surface area contributed by atoms with Crippen molar-refractivity contribution in [1.29, 1.82) is 0 Å². The first-order chi connectivity index (χ1) is 12.8. The summed E-state index contributed by atoms with van der Waals surface area (Å²) >= 11 is 6.13. The number of amides is 1. The summed E-state index contributed by atoms with van der Waals surface area (Å²) in [6.45, 7) is 2.57. The highest BCUT2D eigenvalue weighted by atomic mass is 35.5. The van der Waals surface area contributed by atoms with Crippen LogP contribution in [0.15, 0.2) is 41.3 Å². The highest BCUT2D eigenvalue weighted by molar-refractivity contribution is 7.89. The SMILES string of the molecule is Cc1cc(F)ccc1NC(=O)c1ccc(Cl)c(S(=O)(=O)N2CCCCC2)c1. The second kappa shape index (κ2) is 7.96. The molecule has 0 atom stereocenters. The lowest BCUT2D eigenvalue weighted by atomic mass is 10.1. The number of rotatable bonds is 4. The van der Waals surface area contributed by atoms with Gasteiger partial charge in [0.15, 0.2) is 0 Å². The fourth-order valence-corrected chi connectivity index (χ4v) is 5.07. The van der Waals surface area contributed by atoms with Crippen LogP contribution in [0.4, 0.5) is 10.1 Å². The van der Waals surface area contributed by atoms with Crippen LogP contribution in [-0.4, -0.2) is 31.7 Å². The van der Waals surface area contributed by atoms with Crippen molar-refractivity contribution in [3.63, 3.8) is 0 Å². The van der Waals surface area contributed by atoms with E-state index in [1.807, 2.05) is 0 Å². The lowest BCUT2D eigenvalue weighted by molar-refractivity contribution is 0.102. The molecule has 0 spiro atoms. The molecule has 5 nitrogen and oxygen atoms in total. The molecule has 144 valence electrons. The van der Waals surface area contributed by atoms with E-state index >= 15 is 0 Å². The summed E-state index contributed by atoms with van der Waals surface area (Å²) in [6, 6.07) is 8.18. The Labute approximate surface area is 163 Å². The van der Waals surface area contributed by atoms with E-state index in [-0.39, 0.29) is 15.5 Å². The van der Waals surface area contributed by atoms with E-state index in [1.165, 1.54) is 40.7 Å². The molecule has 8 heteroatoms. The van der Waals surface area contributed by atoms with E-state index < -0.39 is 21.7 Å². The van der Waals surface area contributed by atoms with Gasteiger partial charge in [-0.1, -0.05) is 18.0 Å². The van der Waals surface area contributed by atoms with Gasteiger partial charge in [-0.25, -0.2) is 12.8 Å². The molecule has 3 rings (SSSR count). The zero-order valence-corrected chi connectivity index (χ0v) is 16.4. The molecule has 2 aromatic rings. The number of aryl methyl sites for hydroxylation is 1. The van der Waals surface area contributed by atoms with Gasteiger partial charge < -0.3 is 5.32 Å². The number of hydrogen-bond acceptors (Lipinski definition) is 3. The van der Waals surface area contributed by atoms with Crippen LogP contribution in [-0.2, 0) is 10.0 Å². The van der Waals surface area contributed by atoms with Crippen molar-refractivity contribution in [2.75, 3.05) is 18.4 Å². The number of nitrogens with zero attached hydrogens (tertiary/aromatic N) is 1. The van der Waals surface area contributed by atoms with Gasteiger partial charge in [-0.15, -0.1) is 0 Å². The van der Waals surface area contributed by atoms with Gasteiger partial charge in [0, 0.05) is 24.3 Å². The molecule has 1 amide bonds. The third kappa shape index (κ3) is 4.31. The Bertz CT molecular complexity index is 973. The summed E-state index contributed by atoms with van der Waals surface area (Å²) in [4.78, 5) is 12.5. The maximum atomic E-state index is 13.2. The molecule has 1 fully saturated rings. The number of sulfonamides is 1. The summed E-state index contributed by atoms with van der Waals surface area (Å²) < 4.78 is 40.4. The number of benzene rings is 2. The van der Waals surface area contributed by atoms with Crippen LogP contribution in [0.25, 0.3) is 0 Å². The van der Waals surface area contributed by atoms with Crippen molar-refractivity contribution >= 4 is 33.2 Å². The number of anilines is 1. The number of piperidine rings is 1. The topological polar surface area (TPSA) is 66.5 Å². The van der Waals surface area contributed by atoms with Crippen LogP contribution < -0.4 is 5.32 Å². The number of carbonyl (C=O) groups is 1. The molecule has 0 aliphatic carbocycles. The molecule has 0 unspecified atom stereocenters. The maximum Gasteiger partial charge on any atom is 0.255 e. The lowest BCUT2D eigenvalue weighted by Crippen LogP contribution is -2.35. The molecule has 1 N–H and O–H groups in total. The normalized spacial score (nSPS) is 15.5. The van der Waals surface area contributed by atoms with Gasteiger partial charge in [0.2, 0.25) is 10.0 Å². The second-order valence-electron chi connectivity index (χ2n) is 6.52. The van der Waals surface area contributed by atoms with Crippen molar-refractivity contribution in [2.24, 2.45) is 0 Å². The first-order valence-corrected chi connectivity index (χ1v) is 10.5. The second-order valence-corrected chi connectivity index (χ2v) is 8.84. The number of halogens is 2. The van der Waals surface area contributed by atoms with E-state index in [0.29, 0.717) is 24.3 Å². The Hall–Kier alpha value is -1.96. The maximum absolute atomic E-state index is 13.2. The lowest BCUT2D eigenvalue weighted by Gasteiger charge is -2.26. The third-order valence-corrected chi connectivity index (χ3v) is 6.94. The zero-order chi connectivity index (χ0) is 19.6. The summed E-state index contributed by atoms with van der Waals surface area (Å²) in [5.41, 5.74) is 1.19. The van der Waals surface area contributed by atoms with Crippen LogP contribution in [0.2, 0.25) is 5.02 Å². The van der Waals surface area contributed by atoms with E-state index in [2.05, 4.69) is 5.32 Å². The van der Waals surface area contributed by atoms with E-state index in [4.69, 9.17) is 11.6 Å². The van der Waals surface area contributed by atoms with Crippen molar-refractivity contribution in [1.82, 2.24) is 4.31 Å². The molecule has 0 aromatic heterocycles. The van der Waals surface area contributed by atoms with Crippen molar-refractivity contribution in [3.05, 3.63) is 58.4 Å². The molecular weight excluding hydrogens is 391 g/mol.